The monoisotopic (exact) mass is 341 g/mol. The Hall–Kier alpha value is -2.63. The minimum atomic E-state index is -0.151. The maximum absolute atomic E-state index is 12.7. The van der Waals surface area contributed by atoms with E-state index in [0.29, 0.717) is 38.2 Å². The van der Waals surface area contributed by atoms with Crippen molar-refractivity contribution in [2.24, 2.45) is 5.92 Å². The van der Waals surface area contributed by atoms with Gasteiger partial charge in [-0.3, -0.25) is 9.59 Å². The lowest BCUT2D eigenvalue weighted by atomic mass is 9.95. The lowest BCUT2D eigenvalue weighted by Crippen LogP contribution is -2.46. The van der Waals surface area contributed by atoms with E-state index in [9.17, 15) is 9.59 Å². The molecule has 0 spiro atoms. The largest absolute Gasteiger partial charge is 0.360 e. The van der Waals surface area contributed by atoms with E-state index in [1.165, 1.54) is 5.56 Å². The molecule has 1 aromatic carbocycles. The van der Waals surface area contributed by atoms with Crippen LogP contribution in [0.15, 0.2) is 47.1 Å². The van der Waals surface area contributed by atoms with Gasteiger partial charge in [0.2, 0.25) is 11.8 Å². The smallest absolute Gasteiger partial charge is 0.227 e. The molecule has 6 nitrogen and oxygen atoms in total. The number of aromatic nitrogens is 1. The fraction of sp³-hybridized carbons (Fsp3) is 0.421. The normalized spacial score (nSPS) is 17.6. The molecule has 1 aliphatic heterocycles. The molecule has 0 N–H and O–H groups in total. The van der Waals surface area contributed by atoms with E-state index < -0.39 is 0 Å². The molecule has 132 valence electrons. The molecule has 2 heterocycles. The molecule has 2 aromatic rings. The fourth-order valence-electron chi connectivity index (χ4n) is 3.19. The van der Waals surface area contributed by atoms with E-state index in [4.69, 9.17) is 4.52 Å². The molecule has 2 amide bonds. The van der Waals surface area contributed by atoms with Crippen LogP contribution in [-0.4, -0.2) is 46.9 Å². The zero-order valence-electron chi connectivity index (χ0n) is 14.4. The van der Waals surface area contributed by atoms with Crippen LogP contribution in [0, 0.1) is 5.92 Å². The molecule has 0 aliphatic carbocycles. The number of hydrogen-bond acceptors (Lipinski definition) is 4. The van der Waals surface area contributed by atoms with E-state index in [2.05, 4.69) is 17.3 Å². The van der Waals surface area contributed by atoms with Crippen LogP contribution in [0.25, 0.3) is 0 Å². The highest BCUT2D eigenvalue weighted by molar-refractivity contribution is 5.83. The zero-order valence-corrected chi connectivity index (χ0v) is 14.4. The summed E-state index contributed by atoms with van der Waals surface area (Å²) in [6, 6.07) is 11.8. The third-order valence-corrected chi connectivity index (χ3v) is 4.62. The molecule has 1 atom stereocenters. The summed E-state index contributed by atoms with van der Waals surface area (Å²) < 4.78 is 5.06. The minimum Gasteiger partial charge on any atom is -0.360 e. The Morgan fingerprint density at radius 3 is 2.84 bits per heavy atom. The van der Waals surface area contributed by atoms with Gasteiger partial charge in [0.05, 0.1) is 18.7 Å². The van der Waals surface area contributed by atoms with E-state index in [1.54, 1.807) is 24.2 Å². The molecule has 25 heavy (non-hydrogen) atoms. The Morgan fingerprint density at radius 2 is 2.12 bits per heavy atom. The second kappa shape index (κ2) is 7.96. The maximum Gasteiger partial charge on any atom is 0.227 e. The molecule has 1 fully saturated rings. The van der Waals surface area contributed by atoms with Crippen molar-refractivity contribution in [3.63, 3.8) is 0 Å². The number of likely N-dealkylation sites (tertiary alicyclic amines) is 1. The van der Waals surface area contributed by atoms with E-state index in [0.717, 1.165) is 6.42 Å². The second-order valence-electron chi connectivity index (χ2n) is 6.48. The first kappa shape index (κ1) is 17.2. The lowest BCUT2D eigenvalue weighted by molar-refractivity contribution is -0.142. The number of carbonyl (C=O) groups excluding carboxylic acids is 2. The van der Waals surface area contributed by atoms with Gasteiger partial charge < -0.3 is 14.3 Å². The van der Waals surface area contributed by atoms with Crippen molar-refractivity contribution < 1.29 is 14.1 Å². The molecule has 1 aliphatic rings. The number of rotatable bonds is 6. The molecular weight excluding hydrogens is 318 g/mol. The predicted octanol–water partition coefficient (Wildman–Crippen LogP) is 2.11. The maximum atomic E-state index is 12.7. The highest BCUT2D eigenvalue weighted by atomic mass is 16.5. The molecule has 0 saturated carbocycles. The molecule has 1 saturated heterocycles. The van der Waals surface area contributed by atoms with Gasteiger partial charge in [-0.2, -0.15) is 0 Å². The molecule has 0 bridgehead atoms. The quantitative estimate of drug-likeness (QED) is 0.807. The Balaban J connectivity index is 1.55. The van der Waals surface area contributed by atoms with E-state index in [1.807, 2.05) is 23.1 Å². The van der Waals surface area contributed by atoms with Crippen molar-refractivity contribution >= 4 is 11.8 Å². The van der Waals surface area contributed by atoms with Crippen LogP contribution in [0.5, 0.6) is 0 Å². The summed E-state index contributed by atoms with van der Waals surface area (Å²) in [6.07, 6.45) is 3.42. The van der Waals surface area contributed by atoms with Crippen molar-refractivity contribution in [3.05, 3.63) is 53.9 Å². The molecule has 0 radical (unpaired) electrons. The van der Waals surface area contributed by atoms with Crippen LogP contribution in [0.4, 0.5) is 0 Å². The van der Waals surface area contributed by atoms with Crippen LogP contribution >= 0.6 is 0 Å². The second-order valence-corrected chi connectivity index (χ2v) is 6.48. The number of piperidine rings is 1. The predicted molar refractivity (Wildman–Crippen MR) is 92.4 cm³/mol. The number of carbonyl (C=O) groups is 2. The number of nitrogens with zero attached hydrogens (tertiary/aromatic N) is 3. The van der Waals surface area contributed by atoms with Crippen LogP contribution in [-0.2, 0) is 22.6 Å². The average Bonchev–Trinajstić information content (AvgIpc) is 3.14. The van der Waals surface area contributed by atoms with Gasteiger partial charge in [0.1, 0.15) is 0 Å². The van der Waals surface area contributed by atoms with Gasteiger partial charge in [-0.25, -0.2) is 0 Å². The van der Waals surface area contributed by atoms with Crippen LogP contribution < -0.4 is 0 Å². The summed E-state index contributed by atoms with van der Waals surface area (Å²) in [5.41, 5.74) is 1.20. The fourth-order valence-corrected chi connectivity index (χ4v) is 3.19. The molecular formula is C19H23N3O3. The number of amides is 2. The number of benzene rings is 1. The lowest BCUT2D eigenvalue weighted by Gasteiger charge is -2.33. The Bertz CT molecular complexity index is 700. The first-order chi connectivity index (χ1) is 12.1. The Labute approximate surface area is 147 Å². The summed E-state index contributed by atoms with van der Waals surface area (Å²) in [4.78, 5) is 28.3. The van der Waals surface area contributed by atoms with Crippen LogP contribution in [0.3, 0.4) is 0 Å². The zero-order chi connectivity index (χ0) is 17.6. The summed E-state index contributed by atoms with van der Waals surface area (Å²) in [5.74, 6) is 0.691. The van der Waals surface area contributed by atoms with E-state index >= 15 is 0 Å². The van der Waals surface area contributed by atoms with Gasteiger partial charge in [-0.05, 0) is 18.4 Å². The van der Waals surface area contributed by atoms with Gasteiger partial charge in [-0.1, -0.05) is 35.5 Å². The molecule has 1 unspecified atom stereocenters. The summed E-state index contributed by atoms with van der Waals surface area (Å²) in [5, 5.41) is 3.66. The third-order valence-electron chi connectivity index (χ3n) is 4.62. The van der Waals surface area contributed by atoms with Crippen molar-refractivity contribution in [2.75, 3.05) is 20.1 Å². The van der Waals surface area contributed by atoms with Gasteiger partial charge in [0, 0.05) is 32.6 Å². The Kier molecular flexibility index (Phi) is 5.48. The highest BCUT2D eigenvalue weighted by Gasteiger charge is 2.31. The first-order valence-electron chi connectivity index (χ1n) is 8.59. The van der Waals surface area contributed by atoms with E-state index in [-0.39, 0.29) is 17.7 Å². The summed E-state index contributed by atoms with van der Waals surface area (Å²) in [6.45, 7) is 1.54. The molecule has 6 heteroatoms. The SMILES string of the molecule is CN(Cc1ccno1)C(=O)C1CCC(=O)N(CCc2ccccc2)C1. The molecule has 3 rings (SSSR count). The standard InChI is InChI=1S/C19H23N3O3/c1-21(14-17-9-11-20-25-17)19(24)16-7-8-18(23)22(13-16)12-10-15-5-3-2-4-6-15/h2-6,9,11,16H,7-8,10,12-14H2,1H3. The van der Waals surface area contributed by atoms with Crippen molar-refractivity contribution in [1.29, 1.82) is 0 Å². The van der Waals surface area contributed by atoms with Crippen LogP contribution in [0.2, 0.25) is 0 Å². The topological polar surface area (TPSA) is 66.7 Å². The summed E-state index contributed by atoms with van der Waals surface area (Å²) >= 11 is 0. The minimum absolute atomic E-state index is 0.0496. The molecule has 1 aromatic heterocycles. The van der Waals surface area contributed by atoms with Gasteiger partial charge in [0.15, 0.2) is 5.76 Å². The average molecular weight is 341 g/mol. The van der Waals surface area contributed by atoms with Crippen molar-refractivity contribution in [3.8, 4) is 0 Å². The number of hydrogen-bond donors (Lipinski definition) is 0. The van der Waals surface area contributed by atoms with Crippen LogP contribution in [0.1, 0.15) is 24.2 Å². The third kappa shape index (κ3) is 4.47. The van der Waals surface area contributed by atoms with Gasteiger partial charge in [-0.15, -0.1) is 0 Å². The highest BCUT2D eigenvalue weighted by Crippen LogP contribution is 2.21. The van der Waals surface area contributed by atoms with Gasteiger partial charge >= 0.3 is 0 Å². The van der Waals surface area contributed by atoms with Gasteiger partial charge in [0.25, 0.3) is 0 Å². The van der Waals surface area contributed by atoms with Crippen molar-refractivity contribution in [2.45, 2.75) is 25.8 Å². The summed E-state index contributed by atoms with van der Waals surface area (Å²) in [7, 11) is 1.76. The first-order valence-corrected chi connectivity index (χ1v) is 8.59. The van der Waals surface area contributed by atoms with Crippen molar-refractivity contribution in [1.82, 2.24) is 15.0 Å². The Morgan fingerprint density at radius 1 is 1.32 bits per heavy atom.